The van der Waals surface area contributed by atoms with Crippen LogP contribution >= 0.6 is 0 Å². The molecule has 0 unspecified atom stereocenters. The van der Waals surface area contributed by atoms with Crippen molar-refractivity contribution in [1.29, 1.82) is 0 Å². The van der Waals surface area contributed by atoms with E-state index in [1.54, 1.807) is 0 Å². The fraction of sp³-hybridized carbons (Fsp3) is 0.133. The zero-order valence-electron chi connectivity index (χ0n) is 8.98. The molecule has 0 N–H and O–H groups in total. The van der Waals surface area contributed by atoms with Crippen LogP contribution in [0.25, 0.3) is 0 Å². The molecule has 1 nitrogen and oxygen atoms in total. The first-order valence-electron chi connectivity index (χ1n) is 5.52. The molecule has 0 aliphatic carbocycles. The van der Waals surface area contributed by atoms with Gasteiger partial charge in [0.2, 0.25) is 0 Å². The molecule has 1 aliphatic rings. The number of hydrogen-bond donors (Lipinski definition) is 0. The minimum atomic E-state index is 1.00. The van der Waals surface area contributed by atoms with Crippen LogP contribution in [0, 0.1) is 11.8 Å². The van der Waals surface area contributed by atoms with E-state index in [4.69, 9.17) is 0 Å². The first-order valence-corrected chi connectivity index (χ1v) is 5.52. The summed E-state index contributed by atoms with van der Waals surface area (Å²) in [7, 11) is 0. The molecule has 0 spiro atoms. The van der Waals surface area contributed by atoms with Crippen molar-refractivity contribution in [2.45, 2.75) is 13.0 Å². The Morgan fingerprint density at radius 1 is 0.938 bits per heavy atom. The summed E-state index contributed by atoms with van der Waals surface area (Å²) in [6.07, 6.45) is 3.14. The Kier molecular flexibility index (Phi) is 2.19. The SMILES string of the molecule is C1#Cc2cccc[n+]2CCc2ccccc21. The highest BCUT2D eigenvalue weighted by atomic mass is 14.9. The van der Waals surface area contributed by atoms with Crippen LogP contribution < -0.4 is 4.57 Å². The van der Waals surface area contributed by atoms with Gasteiger partial charge in [-0.1, -0.05) is 24.1 Å². The van der Waals surface area contributed by atoms with Gasteiger partial charge in [0.1, 0.15) is 0 Å². The van der Waals surface area contributed by atoms with E-state index in [0.717, 1.165) is 24.2 Å². The maximum Gasteiger partial charge on any atom is 0.257 e. The summed E-state index contributed by atoms with van der Waals surface area (Å²) >= 11 is 0. The lowest BCUT2D eigenvalue weighted by Crippen LogP contribution is -2.38. The fourth-order valence-corrected chi connectivity index (χ4v) is 2.02. The average molecular weight is 206 g/mol. The monoisotopic (exact) mass is 206 g/mol. The summed E-state index contributed by atoms with van der Waals surface area (Å²) in [4.78, 5) is 0. The number of pyridine rings is 1. The predicted octanol–water partition coefficient (Wildman–Crippen LogP) is 1.93. The van der Waals surface area contributed by atoms with Gasteiger partial charge in [0.15, 0.2) is 12.7 Å². The van der Waals surface area contributed by atoms with Crippen molar-refractivity contribution in [2.24, 2.45) is 0 Å². The Balaban J connectivity index is 2.16. The minimum Gasteiger partial charge on any atom is -0.191 e. The quantitative estimate of drug-likeness (QED) is 0.458. The van der Waals surface area contributed by atoms with Crippen molar-refractivity contribution in [3.63, 3.8) is 0 Å². The van der Waals surface area contributed by atoms with Crippen molar-refractivity contribution in [3.05, 3.63) is 65.5 Å². The van der Waals surface area contributed by atoms with Gasteiger partial charge in [-0.05, 0) is 17.7 Å². The first kappa shape index (κ1) is 9.18. The van der Waals surface area contributed by atoms with E-state index in [0.29, 0.717) is 0 Å². The second kappa shape index (κ2) is 3.83. The topological polar surface area (TPSA) is 3.88 Å². The van der Waals surface area contributed by atoms with E-state index in [2.05, 4.69) is 52.9 Å². The van der Waals surface area contributed by atoms with Crippen LogP contribution in [0.15, 0.2) is 48.7 Å². The third kappa shape index (κ3) is 1.59. The average Bonchev–Trinajstić information content (AvgIpc) is 2.32. The molecule has 0 saturated carbocycles. The van der Waals surface area contributed by atoms with Gasteiger partial charge in [-0.2, -0.15) is 4.57 Å². The summed E-state index contributed by atoms with van der Waals surface area (Å²) in [5, 5.41) is 0. The zero-order chi connectivity index (χ0) is 10.8. The summed E-state index contributed by atoms with van der Waals surface area (Å²) in [6, 6.07) is 14.6. The van der Waals surface area contributed by atoms with Crippen LogP contribution in [0.4, 0.5) is 0 Å². The lowest BCUT2D eigenvalue weighted by Gasteiger charge is -2.05. The van der Waals surface area contributed by atoms with Gasteiger partial charge in [-0.25, -0.2) is 0 Å². The van der Waals surface area contributed by atoms with Gasteiger partial charge in [-0.15, -0.1) is 0 Å². The van der Waals surface area contributed by atoms with E-state index >= 15 is 0 Å². The van der Waals surface area contributed by atoms with E-state index in [1.165, 1.54) is 5.56 Å². The number of aromatic nitrogens is 1. The van der Waals surface area contributed by atoms with Crippen molar-refractivity contribution in [1.82, 2.24) is 0 Å². The number of nitrogens with zero attached hydrogens (tertiary/aromatic N) is 1. The highest BCUT2D eigenvalue weighted by Crippen LogP contribution is 2.10. The molecule has 0 fully saturated rings. The van der Waals surface area contributed by atoms with Gasteiger partial charge < -0.3 is 0 Å². The molecular weight excluding hydrogens is 194 g/mol. The lowest BCUT2D eigenvalue weighted by atomic mass is 10.0. The summed E-state index contributed by atoms with van der Waals surface area (Å²) in [5.74, 6) is 6.48. The van der Waals surface area contributed by atoms with Crippen LogP contribution in [0.3, 0.4) is 0 Å². The molecule has 0 saturated heterocycles. The third-order valence-electron chi connectivity index (χ3n) is 2.91. The van der Waals surface area contributed by atoms with E-state index in [1.807, 2.05) is 12.1 Å². The Morgan fingerprint density at radius 2 is 1.81 bits per heavy atom. The van der Waals surface area contributed by atoms with Gasteiger partial charge in [0.25, 0.3) is 5.69 Å². The number of benzene rings is 1. The molecule has 2 heterocycles. The highest BCUT2D eigenvalue weighted by molar-refractivity contribution is 5.44. The largest absolute Gasteiger partial charge is 0.257 e. The molecule has 1 aromatic carbocycles. The normalized spacial score (nSPS) is 12.5. The highest BCUT2D eigenvalue weighted by Gasteiger charge is 2.11. The Morgan fingerprint density at radius 3 is 2.81 bits per heavy atom. The smallest absolute Gasteiger partial charge is 0.191 e. The van der Waals surface area contributed by atoms with Crippen LogP contribution in [0.1, 0.15) is 16.8 Å². The van der Waals surface area contributed by atoms with Gasteiger partial charge in [0, 0.05) is 30.0 Å². The molecule has 0 bridgehead atoms. The molecule has 0 amide bonds. The second-order valence-electron chi connectivity index (χ2n) is 3.94. The van der Waals surface area contributed by atoms with Crippen LogP contribution in [-0.4, -0.2) is 0 Å². The first-order chi connectivity index (χ1) is 7.93. The van der Waals surface area contributed by atoms with Gasteiger partial charge in [0.05, 0.1) is 0 Å². The molecule has 76 valence electrons. The number of fused-ring (bicyclic) bond motifs is 2. The molecule has 1 heteroatoms. The summed E-state index contributed by atoms with van der Waals surface area (Å²) in [5.41, 5.74) is 3.60. The molecule has 0 radical (unpaired) electrons. The van der Waals surface area contributed by atoms with E-state index in [-0.39, 0.29) is 0 Å². The fourth-order valence-electron chi connectivity index (χ4n) is 2.02. The van der Waals surface area contributed by atoms with E-state index < -0.39 is 0 Å². The molecule has 0 atom stereocenters. The predicted molar refractivity (Wildman–Crippen MR) is 62.8 cm³/mol. The van der Waals surface area contributed by atoms with Crippen molar-refractivity contribution in [2.75, 3.05) is 0 Å². The van der Waals surface area contributed by atoms with Crippen LogP contribution in [0.5, 0.6) is 0 Å². The summed E-state index contributed by atoms with van der Waals surface area (Å²) < 4.78 is 2.21. The molecule has 1 aliphatic heterocycles. The van der Waals surface area contributed by atoms with Crippen LogP contribution in [0.2, 0.25) is 0 Å². The van der Waals surface area contributed by atoms with E-state index in [9.17, 15) is 0 Å². The van der Waals surface area contributed by atoms with Crippen molar-refractivity contribution in [3.8, 4) is 11.8 Å². The third-order valence-corrected chi connectivity index (χ3v) is 2.91. The summed E-state index contributed by atoms with van der Waals surface area (Å²) in [6.45, 7) is 1.00. The Bertz CT molecular complexity index is 536. The van der Waals surface area contributed by atoms with Crippen molar-refractivity contribution >= 4 is 0 Å². The molecular formula is C15H12N+. The molecule has 16 heavy (non-hydrogen) atoms. The Hall–Kier alpha value is -2.07. The Labute approximate surface area is 95.4 Å². The molecule has 2 aromatic rings. The number of aryl methyl sites for hydroxylation is 2. The zero-order valence-corrected chi connectivity index (χ0v) is 8.98. The second-order valence-corrected chi connectivity index (χ2v) is 3.94. The lowest BCUT2D eigenvalue weighted by molar-refractivity contribution is -0.698. The maximum atomic E-state index is 3.25. The standard InChI is InChI=1S/C15H12N/c1-2-6-14-10-12-16-11-4-3-7-15(16)9-8-13(14)5-1/h1-7,11H,10,12H2/q+1. The molecule has 1 aromatic heterocycles. The number of rotatable bonds is 0. The maximum absolute atomic E-state index is 3.25. The van der Waals surface area contributed by atoms with Gasteiger partial charge >= 0.3 is 0 Å². The molecule has 3 rings (SSSR count). The minimum absolute atomic E-state index is 1.00. The number of hydrogen-bond acceptors (Lipinski definition) is 0. The van der Waals surface area contributed by atoms with Crippen molar-refractivity contribution < 1.29 is 4.57 Å². The van der Waals surface area contributed by atoms with Crippen LogP contribution in [-0.2, 0) is 13.0 Å². The van der Waals surface area contributed by atoms with Gasteiger partial charge in [-0.3, -0.25) is 0 Å².